The number of carbonyl (C=O) groups is 3. The summed E-state index contributed by atoms with van der Waals surface area (Å²) in [4.78, 5) is 41.1. The van der Waals surface area contributed by atoms with Crippen molar-refractivity contribution in [2.45, 2.75) is 50.5 Å². The average molecular weight is 383 g/mol. The van der Waals surface area contributed by atoms with Crippen LogP contribution in [0.25, 0.3) is 0 Å². The summed E-state index contributed by atoms with van der Waals surface area (Å²) in [5, 5.41) is 3.00. The molecule has 3 fully saturated rings. The molecule has 2 amide bonds. The zero-order valence-corrected chi connectivity index (χ0v) is 16.4. The highest BCUT2D eigenvalue weighted by Gasteiger charge is 2.49. The number of aldehydes is 1. The zero-order valence-electron chi connectivity index (χ0n) is 16.4. The molecular weight excluding hydrogens is 354 g/mol. The van der Waals surface area contributed by atoms with E-state index in [0.717, 1.165) is 70.0 Å². The SMILES string of the molecule is O=Cc1ccc(N2CCC(C(=O)N3CCNC(=O)C34CCCCC4)CC2)cc1. The summed E-state index contributed by atoms with van der Waals surface area (Å²) in [6.07, 6.45) is 7.26. The number of anilines is 1. The van der Waals surface area contributed by atoms with Crippen LogP contribution in [0.4, 0.5) is 5.69 Å². The molecule has 0 atom stereocenters. The van der Waals surface area contributed by atoms with E-state index in [1.165, 1.54) is 0 Å². The standard InChI is InChI=1S/C22H29N3O3/c26-16-17-4-6-19(7-5-17)24-13-8-18(9-14-24)20(27)25-15-12-23-21(28)22(25)10-2-1-3-11-22/h4-7,16,18H,1-3,8-15H2,(H,23,28). The Labute approximate surface area is 166 Å². The Morgan fingerprint density at radius 2 is 1.71 bits per heavy atom. The summed E-state index contributed by atoms with van der Waals surface area (Å²) in [5.74, 6) is 0.224. The van der Waals surface area contributed by atoms with E-state index in [0.29, 0.717) is 18.7 Å². The van der Waals surface area contributed by atoms with Gasteiger partial charge in [0.25, 0.3) is 0 Å². The third-order valence-corrected chi connectivity index (χ3v) is 6.75. The van der Waals surface area contributed by atoms with Gasteiger partial charge >= 0.3 is 0 Å². The van der Waals surface area contributed by atoms with Crippen LogP contribution >= 0.6 is 0 Å². The Kier molecular flexibility index (Phi) is 5.38. The number of nitrogens with zero attached hydrogens (tertiary/aromatic N) is 2. The molecule has 1 aliphatic carbocycles. The van der Waals surface area contributed by atoms with Gasteiger partial charge in [-0.25, -0.2) is 0 Å². The number of carbonyl (C=O) groups excluding carboxylic acids is 3. The number of piperazine rings is 1. The largest absolute Gasteiger partial charge is 0.371 e. The Balaban J connectivity index is 1.42. The maximum absolute atomic E-state index is 13.4. The van der Waals surface area contributed by atoms with Gasteiger partial charge in [0, 0.05) is 43.3 Å². The third-order valence-electron chi connectivity index (χ3n) is 6.75. The number of piperidine rings is 1. The molecule has 2 aliphatic heterocycles. The number of nitrogens with one attached hydrogen (secondary N) is 1. The van der Waals surface area contributed by atoms with Gasteiger partial charge in [0.1, 0.15) is 11.8 Å². The molecule has 2 saturated heterocycles. The molecule has 0 unspecified atom stereocenters. The molecule has 3 aliphatic rings. The molecule has 1 spiro atoms. The van der Waals surface area contributed by atoms with E-state index in [9.17, 15) is 14.4 Å². The second-order valence-electron chi connectivity index (χ2n) is 8.31. The Bertz CT molecular complexity index is 732. The van der Waals surface area contributed by atoms with Crippen LogP contribution in [0.15, 0.2) is 24.3 Å². The first-order valence-electron chi connectivity index (χ1n) is 10.5. The lowest BCUT2D eigenvalue weighted by Crippen LogP contribution is -2.68. The highest BCUT2D eigenvalue weighted by Crippen LogP contribution is 2.37. The minimum absolute atomic E-state index is 0.00444. The topological polar surface area (TPSA) is 69.7 Å². The average Bonchev–Trinajstić information content (AvgIpc) is 2.76. The van der Waals surface area contributed by atoms with Gasteiger partial charge in [0.05, 0.1) is 0 Å². The van der Waals surface area contributed by atoms with Crippen molar-refractivity contribution in [2.24, 2.45) is 5.92 Å². The Morgan fingerprint density at radius 3 is 2.36 bits per heavy atom. The first kappa shape index (κ1) is 19.0. The lowest BCUT2D eigenvalue weighted by molar-refractivity contribution is -0.157. The molecule has 28 heavy (non-hydrogen) atoms. The maximum atomic E-state index is 13.4. The maximum Gasteiger partial charge on any atom is 0.246 e. The highest BCUT2D eigenvalue weighted by molar-refractivity contribution is 5.93. The van der Waals surface area contributed by atoms with Gasteiger partial charge in [-0.05, 0) is 49.9 Å². The van der Waals surface area contributed by atoms with E-state index in [1.54, 1.807) is 0 Å². The second kappa shape index (κ2) is 7.94. The van der Waals surface area contributed by atoms with Crippen molar-refractivity contribution in [3.8, 4) is 0 Å². The van der Waals surface area contributed by atoms with Crippen LogP contribution in [0.3, 0.4) is 0 Å². The molecule has 0 bridgehead atoms. The summed E-state index contributed by atoms with van der Waals surface area (Å²) >= 11 is 0. The summed E-state index contributed by atoms with van der Waals surface area (Å²) in [6.45, 7) is 2.85. The molecule has 6 heteroatoms. The molecule has 1 N–H and O–H groups in total. The fraction of sp³-hybridized carbons (Fsp3) is 0.591. The second-order valence-corrected chi connectivity index (χ2v) is 8.31. The zero-order chi connectivity index (χ0) is 19.6. The van der Waals surface area contributed by atoms with Crippen LogP contribution in [0.5, 0.6) is 0 Å². The van der Waals surface area contributed by atoms with Gasteiger partial charge in [0.2, 0.25) is 11.8 Å². The molecular formula is C22H29N3O3. The van der Waals surface area contributed by atoms with Crippen LogP contribution < -0.4 is 10.2 Å². The minimum atomic E-state index is -0.602. The van der Waals surface area contributed by atoms with Crippen LogP contribution in [0.1, 0.15) is 55.3 Å². The van der Waals surface area contributed by atoms with Gasteiger partial charge in [-0.1, -0.05) is 19.3 Å². The number of benzene rings is 1. The lowest BCUT2D eigenvalue weighted by Gasteiger charge is -2.49. The fourth-order valence-electron chi connectivity index (χ4n) is 5.11. The smallest absolute Gasteiger partial charge is 0.246 e. The number of hydrogen-bond donors (Lipinski definition) is 1. The van der Waals surface area contributed by atoms with E-state index in [4.69, 9.17) is 0 Å². The Hall–Kier alpha value is -2.37. The van der Waals surface area contributed by atoms with Gasteiger partial charge in [0.15, 0.2) is 0 Å². The molecule has 4 rings (SSSR count). The highest BCUT2D eigenvalue weighted by atomic mass is 16.2. The van der Waals surface area contributed by atoms with Crippen molar-refractivity contribution in [1.29, 1.82) is 0 Å². The van der Waals surface area contributed by atoms with Crippen molar-refractivity contribution in [3.05, 3.63) is 29.8 Å². The van der Waals surface area contributed by atoms with E-state index in [-0.39, 0.29) is 17.7 Å². The summed E-state index contributed by atoms with van der Waals surface area (Å²) in [7, 11) is 0. The molecule has 2 heterocycles. The molecule has 1 aromatic carbocycles. The van der Waals surface area contributed by atoms with Gasteiger partial charge in [-0.2, -0.15) is 0 Å². The predicted octanol–water partition coefficient (Wildman–Crippen LogP) is 2.38. The Morgan fingerprint density at radius 1 is 1.04 bits per heavy atom. The lowest BCUT2D eigenvalue weighted by atomic mass is 9.77. The molecule has 1 saturated carbocycles. The molecule has 0 aromatic heterocycles. The van der Waals surface area contributed by atoms with Crippen molar-refractivity contribution >= 4 is 23.8 Å². The molecule has 1 aromatic rings. The van der Waals surface area contributed by atoms with Crippen LogP contribution in [0, 0.1) is 5.92 Å². The van der Waals surface area contributed by atoms with Crippen molar-refractivity contribution in [1.82, 2.24) is 10.2 Å². The van der Waals surface area contributed by atoms with E-state index < -0.39 is 5.54 Å². The summed E-state index contributed by atoms with van der Waals surface area (Å²) in [6, 6.07) is 7.60. The quantitative estimate of drug-likeness (QED) is 0.814. The normalized spacial score (nSPS) is 22.8. The fourth-order valence-corrected chi connectivity index (χ4v) is 5.11. The van der Waals surface area contributed by atoms with Crippen molar-refractivity contribution in [2.75, 3.05) is 31.1 Å². The third kappa shape index (κ3) is 3.40. The molecule has 150 valence electrons. The number of hydrogen-bond acceptors (Lipinski definition) is 4. The van der Waals surface area contributed by atoms with Crippen LogP contribution in [-0.2, 0) is 9.59 Å². The van der Waals surface area contributed by atoms with Crippen molar-refractivity contribution in [3.63, 3.8) is 0 Å². The summed E-state index contributed by atoms with van der Waals surface area (Å²) < 4.78 is 0. The van der Waals surface area contributed by atoms with Gasteiger partial charge in [-0.3, -0.25) is 14.4 Å². The van der Waals surface area contributed by atoms with Crippen molar-refractivity contribution < 1.29 is 14.4 Å². The first-order chi connectivity index (χ1) is 13.6. The monoisotopic (exact) mass is 383 g/mol. The number of rotatable bonds is 3. The predicted molar refractivity (Wildman–Crippen MR) is 107 cm³/mol. The van der Waals surface area contributed by atoms with E-state index in [2.05, 4.69) is 10.2 Å². The number of amides is 2. The van der Waals surface area contributed by atoms with Crippen LogP contribution in [-0.4, -0.2) is 54.7 Å². The molecule has 6 nitrogen and oxygen atoms in total. The first-order valence-corrected chi connectivity index (χ1v) is 10.5. The van der Waals surface area contributed by atoms with E-state index >= 15 is 0 Å². The van der Waals surface area contributed by atoms with Gasteiger partial charge in [-0.15, -0.1) is 0 Å². The molecule has 0 radical (unpaired) electrons. The summed E-state index contributed by atoms with van der Waals surface area (Å²) in [5.41, 5.74) is 1.17. The van der Waals surface area contributed by atoms with E-state index in [1.807, 2.05) is 29.2 Å². The van der Waals surface area contributed by atoms with Gasteiger partial charge < -0.3 is 15.1 Å². The minimum Gasteiger partial charge on any atom is -0.371 e. The van der Waals surface area contributed by atoms with Crippen LogP contribution in [0.2, 0.25) is 0 Å².